The molecule has 1 fully saturated rings. The second kappa shape index (κ2) is 5.78. The predicted octanol–water partition coefficient (Wildman–Crippen LogP) is 3.79. The SMILES string of the molecule is Nc1ccc(NC2CCCCCCC2)cc1. The van der Waals surface area contributed by atoms with Gasteiger partial charge in [0.1, 0.15) is 0 Å². The minimum Gasteiger partial charge on any atom is -0.399 e. The summed E-state index contributed by atoms with van der Waals surface area (Å²) in [6.07, 6.45) is 9.59. The molecule has 2 nitrogen and oxygen atoms in total. The molecule has 88 valence electrons. The Hall–Kier alpha value is -1.18. The minimum atomic E-state index is 0.656. The van der Waals surface area contributed by atoms with Crippen molar-refractivity contribution >= 4 is 11.4 Å². The predicted molar refractivity (Wildman–Crippen MR) is 70.6 cm³/mol. The average Bonchev–Trinajstić information content (AvgIpc) is 2.25. The van der Waals surface area contributed by atoms with Crippen LogP contribution in [0.3, 0.4) is 0 Å². The highest BCUT2D eigenvalue weighted by Gasteiger charge is 2.10. The molecule has 1 aromatic rings. The highest BCUT2D eigenvalue weighted by molar-refractivity contribution is 5.51. The Morgan fingerprint density at radius 1 is 0.875 bits per heavy atom. The van der Waals surface area contributed by atoms with Crippen LogP contribution in [0.15, 0.2) is 24.3 Å². The van der Waals surface area contributed by atoms with E-state index >= 15 is 0 Å². The van der Waals surface area contributed by atoms with Crippen molar-refractivity contribution < 1.29 is 0 Å². The zero-order valence-electron chi connectivity index (χ0n) is 9.91. The molecule has 0 heterocycles. The van der Waals surface area contributed by atoms with Crippen molar-refractivity contribution in [1.82, 2.24) is 0 Å². The first-order chi connectivity index (χ1) is 7.84. The highest BCUT2D eigenvalue weighted by atomic mass is 14.9. The van der Waals surface area contributed by atoms with Gasteiger partial charge in [0, 0.05) is 17.4 Å². The van der Waals surface area contributed by atoms with E-state index in [2.05, 4.69) is 17.4 Å². The monoisotopic (exact) mass is 218 g/mol. The van der Waals surface area contributed by atoms with Gasteiger partial charge in [0.25, 0.3) is 0 Å². The fraction of sp³-hybridized carbons (Fsp3) is 0.571. The molecule has 0 aromatic heterocycles. The molecule has 0 bridgehead atoms. The molecular weight excluding hydrogens is 196 g/mol. The van der Waals surface area contributed by atoms with Crippen LogP contribution in [0.2, 0.25) is 0 Å². The van der Waals surface area contributed by atoms with Gasteiger partial charge in [0.2, 0.25) is 0 Å². The van der Waals surface area contributed by atoms with Crippen LogP contribution in [-0.2, 0) is 0 Å². The van der Waals surface area contributed by atoms with Crippen molar-refractivity contribution in [3.63, 3.8) is 0 Å². The summed E-state index contributed by atoms with van der Waals surface area (Å²) in [6.45, 7) is 0. The van der Waals surface area contributed by atoms with E-state index in [9.17, 15) is 0 Å². The third-order valence-electron chi connectivity index (χ3n) is 3.39. The Kier molecular flexibility index (Phi) is 4.09. The van der Waals surface area contributed by atoms with E-state index in [1.165, 1.54) is 50.6 Å². The average molecular weight is 218 g/mol. The van der Waals surface area contributed by atoms with Gasteiger partial charge in [-0.05, 0) is 37.1 Å². The first-order valence-electron chi connectivity index (χ1n) is 6.47. The Bertz CT molecular complexity index is 297. The fourth-order valence-electron chi connectivity index (χ4n) is 2.42. The summed E-state index contributed by atoms with van der Waals surface area (Å²) in [5, 5.41) is 3.62. The molecule has 1 aliphatic carbocycles. The summed E-state index contributed by atoms with van der Waals surface area (Å²) >= 11 is 0. The van der Waals surface area contributed by atoms with Crippen LogP contribution in [0.25, 0.3) is 0 Å². The number of hydrogen-bond donors (Lipinski definition) is 2. The lowest BCUT2D eigenvalue weighted by Crippen LogP contribution is -2.20. The van der Waals surface area contributed by atoms with E-state index in [0.29, 0.717) is 6.04 Å². The Balaban J connectivity index is 1.89. The molecule has 0 aliphatic heterocycles. The van der Waals surface area contributed by atoms with Crippen LogP contribution in [0.4, 0.5) is 11.4 Å². The Morgan fingerprint density at radius 3 is 2.06 bits per heavy atom. The van der Waals surface area contributed by atoms with Crippen molar-refractivity contribution in [1.29, 1.82) is 0 Å². The van der Waals surface area contributed by atoms with E-state index < -0.39 is 0 Å². The summed E-state index contributed by atoms with van der Waals surface area (Å²) in [5.41, 5.74) is 7.72. The molecule has 0 amide bonds. The lowest BCUT2D eigenvalue weighted by Gasteiger charge is -2.22. The number of anilines is 2. The quantitative estimate of drug-likeness (QED) is 0.741. The van der Waals surface area contributed by atoms with Gasteiger partial charge in [-0.1, -0.05) is 32.1 Å². The second-order valence-electron chi connectivity index (χ2n) is 4.81. The van der Waals surface area contributed by atoms with Gasteiger partial charge in [-0.3, -0.25) is 0 Å². The molecular formula is C14H22N2. The lowest BCUT2D eigenvalue weighted by molar-refractivity contribution is 0.471. The van der Waals surface area contributed by atoms with E-state index in [1.807, 2.05) is 12.1 Å². The summed E-state index contributed by atoms with van der Waals surface area (Å²) in [5.74, 6) is 0. The number of benzene rings is 1. The van der Waals surface area contributed by atoms with Crippen LogP contribution in [0.1, 0.15) is 44.9 Å². The molecule has 0 spiro atoms. The largest absolute Gasteiger partial charge is 0.399 e. The molecule has 1 saturated carbocycles. The third kappa shape index (κ3) is 3.44. The molecule has 0 unspecified atom stereocenters. The van der Waals surface area contributed by atoms with Gasteiger partial charge >= 0.3 is 0 Å². The molecule has 1 aliphatic rings. The minimum absolute atomic E-state index is 0.656. The van der Waals surface area contributed by atoms with Gasteiger partial charge in [-0.15, -0.1) is 0 Å². The summed E-state index contributed by atoms with van der Waals surface area (Å²) in [6, 6.07) is 8.74. The summed E-state index contributed by atoms with van der Waals surface area (Å²) < 4.78 is 0. The molecule has 0 radical (unpaired) electrons. The van der Waals surface area contributed by atoms with Crippen LogP contribution >= 0.6 is 0 Å². The smallest absolute Gasteiger partial charge is 0.0343 e. The van der Waals surface area contributed by atoms with Crippen LogP contribution in [0.5, 0.6) is 0 Å². The number of hydrogen-bond acceptors (Lipinski definition) is 2. The molecule has 2 heteroatoms. The molecule has 0 saturated heterocycles. The first-order valence-corrected chi connectivity index (χ1v) is 6.47. The molecule has 16 heavy (non-hydrogen) atoms. The van der Waals surface area contributed by atoms with Crippen LogP contribution < -0.4 is 11.1 Å². The fourth-order valence-corrected chi connectivity index (χ4v) is 2.42. The summed E-state index contributed by atoms with van der Waals surface area (Å²) in [4.78, 5) is 0. The lowest BCUT2D eigenvalue weighted by atomic mass is 9.96. The van der Waals surface area contributed by atoms with Crippen molar-refractivity contribution in [2.75, 3.05) is 11.1 Å². The van der Waals surface area contributed by atoms with Gasteiger partial charge in [0.15, 0.2) is 0 Å². The molecule has 2 rings (SSSR count). The van der Waals surface area contributed by atoms with Gasteiger partial charge in [-0.2, -0.15) is 0 Å². The van der Waals surface area contributed by atoms with E-state index in [4.69, 9.17) is 5.73 Å². The Labute approximate surface area is 98.2 Å². The van der Waals surface area contributed by atoms with Gasteiger partial charge < -0.3 is 11.1 Å². The highest BCUT2D eigenvalue weighted by Crippen LogP contribution is 2.21. The molecule has 3 N–H and O–H groups in total. The van der Waals surface area contributed by atoms with Crippen molar-refractivity contribution in [3.05, 3.63) is 24.3 Å². The Morgan fingerprint density at radius 2 is 1.44 bits per heavy atom. The normalized spacial score (nSPS) is 18.8. The van der Waals surface area contributed by atoms with E-state index in [1.54, 1.807) is 0 Å². The van der Waals surface area contributed by atoms with Gasteiger partial charge in [0.05, 0.1) is 0 Å². The third-order valence-corrected chi connectivity index (χ3v) is 3.39. The van der Waals surface area contributed by atoms with Crippen molar-refractivity contribution in [2.24, 2.45) is 0 Å². The van der Waals surface area contributed by atoms with E-state index in [-0.39, 0.29) is 0 Å². The molecule has 0 atom stereocenters. The number of nitrogens with one attached hydrogen (secondary N) is 1. The van der Waals surface area contributed by atoms with Gasteiger partial charge in [-0.25, -0.2) is 0 Å². The number of rotatable bonds is 2. The standard InChI is InChI=1S/C14H22N2/c15-12-8-10-14(11-9-12)16-13-6-4-2-1-3-5-7-13/h8-11,13,16H,1-7,15H2. The summed E-state index contributed by atoms with van der Waals surface area (Å²) in [7, 11) is 0. The van der Waals surface area contributed by atoms with Crippen LogP contribution in [0, 0.1) is 0 Å². The maximum Gasteiger partial charge on any atom is 0.0343 e. The zero-order chi connectivity index (χ0) is 11.2. The maximum absolute atomic E-state index is 5.68. The molecule has 1 aromatic carbocycles. The van der Waals surface area contributed by atoms with Crippen LogP contribution in [-0.4, -0.2) is 6.04 Å². The second-order valence-corrected chi connectivity index (χ2v) is 4.81. The number of nitrogen functional groups attached to an aromatic ring is 1. The first kappa shape index (κ1) is 11.3. The van der Waals surface area contributed by atoms with Crippen molar-refractivity contribution in [2.45, 2.75) is 51.0 Å². The zero-order valence-corrected chi connectivity index (χ0v) is 9.91. The maximum atomic E-state index is 5.68. The topological polar surface area (TPSA) is 38.0 Å². The van der Waals surface area contributed by atoms with Crippen molar-refractivity contribution in [3.8, 4) is 0 Å². The van der Waals surface area contributed by atoms with E-state index in [0.717, 1.165) is 5.69 Å². The number of nitrogens with two attached hydrogens (primary N) is 1.